The zero-order chi connectivity index (χ0) is 14.4. The van der Waals surface area contributed by atoms with Crippen molar-refractivity contribution in [3.05, 3.63) is 59.6 Å². The van der Waals surface area contributed by atoms with Crippen LogP contribution in [0.25, 0.3) is 6.08 Å². The first-order valence-corrected chi connectivity index (χ1v) is 6.18. The summed E-state index contributed by atoms with van der Waals surface area (Å²) >= 11 is 0. The van der Waals surface area contributed by atoms with Gasteiger partial charge in [0, 0.05) is 11.1 Å². The zero-order valence-corrected chi connectivity index (χ0v) is 11.1. The summed E-state index contributed by atoms with van der Waals surface area (Å²) in [5, 5.41) is 0. The van der Waals surface area contributed by atoms with Crippen molar-refractivity contribution in [2.24, 2.45) is 5.84 Å². The minimum atomic E-state index is -0.477. The number of rotatable bonds is 5. The van der Waals surface area contributed by atoms with Crippen molar-refractivity contribution < 1.29 is 13.9 Å². The van der Waals surface area contributed by atoms with Gasteiger partial charge in [0.05, 0.1) is 6.26 Å². The largest absolute Gasteiger partial charge is 0.488 e. The number of benzene rings is 1. The first-order chi connectivity index (χ1) is 9.76. The first kappa shape index (κ1) is 13.9. The minimum absolute atomic E-state index is 0.163. The standard InChI is InChI=1S/C15H16N2O3/c1-2-5-11-6-3-4-7-13(11)20-10-12-8-9-19-14(12)15(18)17-16/h2-9H,10,16H2,1H3,(H,17,18). The molecule has 1 aromatic heterocycles. The van der Waals surface area contributed by atoms with Gasteiger partial charge in [-0.1, -0.05) is 30.4 Å². The second-order valence-electron chi connectivity index (χ2n) is 4.07. The summed E-state index contributed by atoms with van der Waals surface area (Å²) in [5.74, 6) is 5.52. The van der Waals surface area contributed by atoms with Gasteiger partial charge >= 0.3 is 5.91 Å². The third-order valence-electron chi connectivity index (χ3n) is 2.73. The number of carbonyl (C=O) groups is 1. The number of hydrazine groups is 1. The van der Waals surface area contributed by atoms with Crippen LogP contribution in [0.1, 0.15) is 28.6 Å². The van der Waals surface area contributed by atoms with E-state index < -0.39 is 5.91 Å². The Kier molecular flexibility index (Phi) is 4.57. The molecule has 0 saturated heterocycles. The number of nitrogens with one attached hydrogen (secondary N) is 1. The monoisotopic (exact) mass is 272 g/mol. The summed E-state index contributed by atoms with van der Waals surface area (Å²) < 4.78 is 10.8. The number of carbonyl (C=O) groups excluding carboxylic acids is 1. The van der Waals surface area contributed by atoms with E-state index in [-0.39, 0.29) is 12.4 Å². The van der Waals surface area contributed by atoms with Crippen LogP contribution < -0.4 is 16.0 Å². The van der Waals surface area contributed by atoms with Crippen molar-refractivity contribution in [3.8, 4) is 5.75 Å². The van der Waals surface area contributed by atoms with Crippen LogP contribution in [-0.4, -0.2) is 5.91 Å². The average Bonchev–Trinajstić information content (AvgIpc) is 2.94. The number of amides is 1. The van der Waals surface area contributed by atoms with E-state index in [9.17, 15) is 4.79 Å². The molecule has 0 bridgehead atoms. The SMILES string of the molecule is CC=Cc1ccccc1OCc1ccoc1C(=O)NN. The number of allylic oxidation sites excluding steroid dienone is 1. The molecule has 0 saturated carbocycles. The molecular formula is C15H16N2O3. The van der Waals surface area contributed by atoms with E-state index in [1.807, 2.05) is 48.8 Å². The summed E-state index contributed by atoms with van der Waals surface area (Å²) in [4.78, 5) is 11.5. The van der Waals surface area contributed by atoms with E-state index in [4.69, 9.17) is 15.0 Å². The van der Waals surface area contributed by atoms with Crippen LogP contribution in [0.15, 0.2) is 47.1 Å². The van der Waals surface area contributed by atoms with Gasteiger partial charge in [-0.2, -0.15) is 0 Å². The Morgan fingerprint density at radius 1 is 1.40 bits per heavy atom. The number of ether oxygens (including phenoxy) is 1. The highest BCUT2D eigenvalue weighted by Crippen LogP contribution is 2.21. The highest BCUT2D eigenvalue weighted by molar-refractivity contribution is 5.92. The van der Waals surface area contributed by atoms with Gasteiger partial charge in [0.1, 0.15) is 12.4 Å². The van der Waals surface area contributed by atoms with E-state index in [0.717, 1.165) is 11.3 Å². The molecule has 5 nitrogen and oxygen atoms in total. The molecule has 0 radical (unpaired) electrons. The molecule has 0 aliphatic heterocycles. The van der Waals surface area contributed by atoms with Crippen LogP contribution in [0.4, 0.5) is 0 Å². The lowest BCUT2D eigenvalue weighted by Crippen LogP contribution is -2.30. The normalized spacial score (nSPS) is 10.7. The molecule has 3 N–H and O–H groups in total. The van der Waals surface area contributed by atoms with Gasteiger partial charge in [-0.3, -0.25) is 10.2 Å². The summed E-state index contributed by atoms with van der Waals surface area (Å²) in [6.45, 7) is 2.17. The van der Waals surface area contributed by atoms with Crippen molar-refractivity contribution >= 4 is 12.0 Å². The molecule has 0 spiro atoms. The molecule has 1 aromatic carbocycles. The Balaban J connectivity index is 2.13. The number of hydrogen-bond acceptors (Lipinski definition) is 4. The lowest BCUT2D eigenvalue weighted by Gasteiger charge is -2.09. The predicted octanol–water partition coefficient (Wildman–Crippen LogP) is 2.50. The fourth-order valence-electron chi connectivity index (χ4n) is 1.80. The lowest BCUT2D eigenvalue weighted by molar-refractivity contribution is 0.0922. The van der Waals surface area contributed by atoms with E-state index in [2.05, 4.69) is 0 Å². The maximum atomic E-state index is 11.5. The summed E-state index contributed by atoms with van der Waals surface area (Å²) in [5.41, 5.74) is 3.66. The number of para-hydroxylation sites is 1. The molecule has 1 heterocycles. The van der Waals surface area contributed by atoms with Gasteiger partial charge in [0.15, 0.2) is 5.76 Å². The van der Waals surface area contributed by atoms with Crippen molar-refractivity contribution in [1.29, 1.82) is 0 Å². The van der Waals surface area contributed by atoms with Crippen molar-refractivity contribution in [2.45, 2.75) is 13.5 Å². The first-order valence-electron chi connectivity index (χ1n) is 6.18. The van der Waals surface area contributed by atoms with E-state index in [1.54, 1.807) is 6.07 Å². The van der Waals surface area contributed by atoms with Crippen LogP contribution in [0.2, 0.25) is 0 Å². The average molecular weight is 272 g/mol. The Labute approximate surface area is 117 Å². The summed E-state index contributed by atoms with van der Waals surface area (Å²) in [6, 6.07) is 9.34. The molecule has 0 aliphatic rings. The maximum Gasteiger partial charge on any atom is 0.301 e. The lowest BCUT2D eigenvalue weighted by atomic mass is 10.2. The molecule has 0 fully saturated rings. The Morgan fingerprint density at radius 3 is 2.95 bits per heavy atom. The van der Waals surface area contributed by atoms with E-state index in [1.165, 1.54) is 6.26 Å². The van der Waals surface area contributed by atoms with Crippen molar-refractivity contribution in [2.75, 3.05) is 0 Å². The minimum Gasteiger partial charge on any atom is -0.488 e. The van der Waals surface area contributed by atoms with Gasteiger partial charge in [-0.15, -0.1) is 0 Å². The molecule has 2 rings (SSSR count). The molecule has 2 aromatic rings. The van der Waals surface area contributed by atoms with Gasteiger partial charge in [-0.05, 0) is 19.1 Å². The molecule has 20 heavy (non-hydrogen) atoms. The Hall–Kier alpha value is -2.53. The third-order valence-corrected chi connectivity index (χ3v) is 2.73. The number of furan rings is 1. The van der Waals surface area contributed by atoms with Crippen molar-refractivity contribution in [3.63, 3.8) is 0 Å². The Bertz CT molecular complexity index is 617. The fourth-order valence-corrected chi connectivity index (χ4v) is 1.80. The molecule has 0 aliphatic carbocycles. The third kappa shape index (κ3) is 3.07. The van der Waals surface area contributed by atoms with Gasteiger partial charge in [0.25, 0.3) is 0 Å². The number of nitrogen functional groups attached to an aromatic ring is 1. The van der Waals surface area contributed by atoms with Crippen molar-refractivity contribution in [1.82, 2.24) is 5.43 Å². The second-order valence-corrected chi connectivity index (χ2v) is 4.07. The highest BCUT2D eigenvalue weighted by Gasteiger charge is 2.14. The van der Waals surface area contributed by atoms with Gasteiger partial charge in [-0.25, -0.2) is 5.84 Å². The number of nitrogens with two attached hydrogens (primary N) is 1. The van der Waals surface area contributed by atoms with E-state index in [0.29, 0.717) is 5.56 Å². The number of hydrogen-bond donors (Lipinski definition) is 2. The summed E-state index contributed by atoms with van der Waals surface area (Å²) in [7, 11) is 0. The van der Waals surface area contributed by atoms with Gasteiger partial charge < -0.3 is 9.15 Å². The molecule has 1 amide bonds. The summed E-state index contributed by atoms with van der Waals surface area (Å²) in [6.07, 6.45) is 5.33. The van der Waals surface area contributed by atoms with Gasteiger partial charge in [0.2, 0.25) is 0 Å². The van der Waals surface area contributed by atoms with Crippen LogP contribution >= 0.6 is 0 Å². The van der Waals surface area contributed by atoms with Crippen LogP contribution in [0, 0.1) is 0 Å². The highest BCUT2D eigenvalue weighted by atomic mass is 16.5. The second kappa shape index (κ2) is 6.58. The fraction of sp³-hybridized carbons (Fsp3) is 0.133. The smallest absolute Gasteiger partial charge is 0.301 e. The van der Waals surface area contributed by atoms with Crippen LogP contribution in [-0.2, 0) is 6.61 Å². The zero-order valence-electron chi connectivity index (χ0n) is 11.1. The Morgan fingerprint density at radius 2 is 2.20 bits per heavy atom. The molecule has 104 valence electrons. The molecular weight excluding hydrogens is 256 g/mol. The molecule has 0 unspecified atom stereocenters. The molecule has 5 heteroatoms. The van der Waals surface area contributed by atoms with Crippen LogP contribution in [0.3, 0.4) is 0 Å². The topological polar surface area (TPSA) is 77.5 Å². The maximum absolute atomic E-state index is 11.5. The molecule has 0 atom stereocenters. The van der Waals surface area contributed by atoms with E-state index >= 15 is 0 Å². The predicted molar refractivity (Wildman–Crippen MR) is 75.8 cm³/mol. The quantitative estimate of drug-likeness (QED) is 0.498. The van der Waals surface area contributed by atoms with Crippen LogP contribution in [0.5, 0.6) is 5.75 Å².